The predicted octanol–water partition coefficient (Wildman–Crippen LogP) is 25.9. The molecule has 14 N–H and O–H groups in total. The van der Waals surface area contributed by atoms with E-state index in [4.69, 9.17) is 79.7 Å². The van der Waals surface area contributed by atoms with Crippen LogP contribution in [0.2, 0.25) is 15.1 Å². The molecule has 14 aromatic rings. The second-order valence-corrected chi connectivity index (χ2v) is 32.1. The van der Waals surface area contributed by atoms with Crippen LogP contribution in [0.5, 0.6) is 5.75 Å². The van der Waals surface area contributed by atoms with E-state index in [0.29, 0.717) is 50.8 Å². The summed E-state index contributed by atoms with van der Waals surface area (Å²) in [6, 6.07) is 107. The summed E-state index contributed by atoms with van der Waals surface area (Å²) in [4.78, 5) is 0. The van der Waals surface area contributed by atoms with Crippen LogP contribution in [0, 0.1) is 55.7 Å². The zero-order valence-electron chi connectivity index (χ0n) is 72.2. The van der Waals surface area contributed by atoms with E-state index in [1.54, 1.807) is 79.9 Å². The highest BCUT2D eigenvalue weighted by Crippen LogP contribution is 2.37. The summed E-state index contributed by atoms with van der Waals surface area (Å²) >= 11 is 18.1. The zero-order chi connectivity index (χ0) is 90.5. The Balaban J connectivity index is 0.000000182. The molecular weight excluding hydrogens is 1640 g/mol. The van der Waals surface area contributed by atoms with Gasteiger partial charge in [-0.15, -0.1) is 0 Å². The van der Waals surface area contributed by atoms with Crippen molar-refractivity contribution in [3.05, 3.63) is 490 Å². The standard InChI is InChI=1S/C16H18FNO.3C16H18FN.C15H15Cl2N.C15H15ClFN.C15H16FN/c1-19-15-7-5-12(6-8-15)16(9-10-18)13-3-2-4-14(17)11-13;1-12-4-2-5-13(10-12)16(8-9-18)14-6-3-7-15(17)11-14;1-12-5-2-3-8-15(12)16(9-10-18)13-6-4-7-14(17)11-13;1-12-5-7-13(8-6-12)16(9-10-18)14-3-2-4-15(17)11-14;2*16-13-5-1-3-11(9-13)15(7-8-18)12-4-2-6-14(17)10-12;16-14-8-4-7-13(11-14)15(9-10-17)12-5-2-1-3-6-12/h2-8,11,16H,9-10,18H2,1H3;2-7,10-11,16H,8-9,18H2,1H3;2*2-8,11,16H,9-10,18H2,1H3;2*1-6,9-10,15H,7-8,18H2;1-8,11,15H,9-10,17H2. The van der Waals surface area contributed by atoms with Crippen molar-refractivity contribution in [3.8, 4) is 5.75 Å². The summed E-state index contributed by atoms with van der Waals surface area (Å²) in [7, 11) is 1.64. The quantitative estimate of drug-likeness (QED) is 0.0225. The van der Waals surface area contributed by atoms with Gasteiger partial charge in [0, 0.05) is 56.5 Å². The third-order valence-electron chi connectivity index (χ3n) is 21.7. The molecule has 126 heavy (non-hydrogen) atoms. The fourth-order valence-corrected chi connectivity index (χ4v) is 16.1. The molecule has 0 aliphatic rings. The lowest BCUT2D eigenvalue weighted by Crippen LogP contribution is -2.10. The summed E-state index contributed by atoms with van der Waals surface area (Å²) in [6.45, 7) is 10.3. The number of hydrogen-bond acceptors (Lipinski definition) is 8. The number of aryl methyl sites for hydroxylation is 3. The van der Waals surface area contributed by atoms with Gasteiger partial charge in [0.05, 0.1) is 7.11 Å². The highest BCUT2D eigenvalue weighted by Gasteiger charge is 2.22. The number of nitrogens with two attached hydrogens (primary N) is 7. The van der Waals surface area contributed by atoms with Crippen molar-refractivity contribution in [2.45, 2.75) is 107 Å². The van der Waals surface area contributed by atoms with Crippen LogP contribution >= 0.6 is 34.8 Å². The molecule has 658 valence electrons. The van der Waals surface area contributed by atoms with Crippen LogP contribution in [0.15, 0.2) is 346 Å². The third-order valence-corrected chi connectivity index (χ3v) is 22.4. The van der Waals surface area contributed by atoms with Gasteiger partial charge in [0.2, 0.25) is 0 Å². The smallest absolute Gasteiger partial charge is 0.123 e. The van der Waals surface area contributed by atoms with E-state index in [0.717, 1.165) is 105 Å². The fourth-order valence-electron chi connectivity index (χ4n) is 15.5. The van der Waals surface area contributed by atoms with E-state index < -0.39 is 0 Å². The SMILES string of the molecule is COc1ccc(C(CCN)c2cccc(F)c2)cc1.Cc1ccc(C(CCN)c2cccc(F)c2)cc1.Cc1cccc(C(CCN)c2cccc(F)c2)c1.Cc1ccccc1C(CCN)c1cccc(F)c1.NCCC(c1cccc(Cl)c1)c1cccc(Cl)c1.NCCC(c1cccc(F)c1)c1cccc(Cl)c1.NCCC(c1ccccc1)c1cccc(F)c1. The maximum absolute atomic E-state index is 13.4. The van der Waals surface area contributed by atoms with Gasteiger partial charge in [0.1, 0.15) is 40.7 Å². The van der Waals surface area contributed by atoms with E-state index in [1.165, 1.54) is 86.5 Å². The monoisotopic (exact) mass is 1760 g/mol. The first-order valence-corrected chi connectivity index (χ1v) is 43.8. The normalized spacial score (nSPS) is 12.1. The molecule has 0 aliphatic carbocycles. The molecule has 6 atom stereocenters. The van der Waals surface area contributed by atoms with Gasteiger partial charge in [0.25, 0.3) is 0 Å². The van der Waals surface area contributed by atoms with Gasteiger partial charge in [-0.2, -0.15) is 0 Å². The van der Waals surface area contributed by atoms with Crippen LogP contribution in [0.25, 0.3) is 0 Å². The van der Waals surface area contributed by atoms with Crippen LogP contribution < -0.4 is 44.9 Å². The topological polar surface area (TPSA) is 191 Å². The maximum atomic E-state index is 13.4. The van der Waals surface area contributed by atoms with Crippen molar-refractivity contribution in [1.82, 2.24) is 0 Å². The summed E-state index contributed by atoms with van der Waals surface area (Å²) in [6.07, 6.45) is 5.74. The van der Waals surface area contributed by atoms with E-state index in [2.05, 4.69) is 99.6 Å². The number of methoxy groups -OCH3 is 1. The van der Waals surface area contributed by atoms with Crippen molar-refractivity contribution in [2.75, 3.05) is 52.9 Å². The number of halogens is 9. The van der Waals surface area contributed by atoms with Gasteiger partial charge in [-0.1, -0.05) is 270 Å². The van der Waals surface area contributed by atoms with Gasteiger partial charge in [-0.25, -0.2) is 26.3 Å². The first-order chi connectivity index (χ1) is 61.1. The lowest BCUT2D eigenvalue weighted by molar-refractivity contribution is 0.414. The van der Waals surface area contributed by atoms with Gasteiger partial charge < -0.3 is 44.9 Å². The molecule has 0 saturated carbocycles. The van der Waals surface area contributed by atoms with Crippen LogP contribution in [-0.4, -0.2) is 52.9 Å². The molecule has 0 saturated heterocycles. The third kappa shape index (κ3) is 33.1. The average molecular weight is 1760 g/mol. The zero-order valence-corrected chi connectivity index (χ0v) is 74.5. The van der Waals surface area contributed by atoms with Gasteiger partial charge in [-0.05, 0) is 316 Å². The largest absolute Gasteiger partial charge is 0.497 e. The first kappa shape index (κ1) is 100. The Bertz CT molecular complexity index is 5130. The van der Waals surface area contributed by atoms with Crippen molar-refractivity contribution in [1.29, 1.82) is 0 Å². The van der Waals surface area contributed by atoms with E-state index in [-0.39, 0.29) is 76.3 Å². The fraction of sp³-hybridized carbons (Fsp3) is 0.229. The molecule has 0 bridgehead atoms. The first-order valence-electron chi connectivity index (χ1n) is 42.7. The Labute approximate surface area is 757 Å². The molecule has 0 spiro atoms. The van der Waals surface area contributed by atoms with Crippen LogP contribution in [-0.2, 0) is 0 Å². The summed E-state index contributed by atoms with van der Waals surface area (Å²) in [5, 5.41) is 2.18. The Morgan fingerprint density at radius 1 is 0.222 bits per heavy atom. The van der Waals surface area contributed by atoms with Gasteiger partial charge >= 0.3 is 0 Å². The molecule has 0 aliphatic heterocycles. The minimum absolute atomic E-state index is 0.0874. The van der Waals surface area contributed by atoms with Gasteiger partial charge in [-0.3, -0.25) is 0 Å². The molecule has 0 radical (unpaired) electrons. The molecule has 17 heteroatoms. The maximum Gasteiger partial charge on any atom is 0.123 e. The predicted molar refractivity (Wildman–Crippen MR) is 514 cm³/mol. The average Bonchev–Trinajstić information content (AvgIpc) is 0.836. The molecule has 0 aromatic heterocycles. The van der Waals surface area contributed by atoms with Crippen LogP contribution in [0.4, 0.5) is 26.3 Å². The lowest BCUT2D eigenvalue weighted by Gasteiger charge is -2.19. The molecular formula is C109H118Cl3F6N7O. The minimum atomic E-state index is -0.225. The number of hydrogen-bond donors (Lipinski definition) is 7. The summed E-state index contributed by atoms with van der Waals surface area (Å²) in [5.74, 6) is 0.746. The Kier molecular flexibility index (Phi) is 43.7. The van der Waals surface area contributed by atoms with E-state index >= 15 is 0 Å². The lowest BCUT2D eigenvalue weighted by atomic mass is 9.86. The van der Waals surface area contributed by atoms with Crippen molar-refractivity contribution in [2.24, 2.45) is 40.1 Å². The Morgan fingerprint density at radius 3 is 0.730 bits per heavy atom. The van der Waals surface area contributed by atoms with Crippen LogP contribution in [0.1, 0.15) is 181 Å². The number of ether oxygens (including phenoxy) is 1. The Morgan fingerprint density at radius 2 is 0.452 bits per heavy atom. The van der Waals surface area contributed by atoms with Crippen molar-refractivity contribution in [3.63, 3.8) is 0 Å². The summed E-state index contributed by atoms with van der Waals surface area (Å²) < 4.78 is 85.1. The van der Waals surface area contributed by atoms with Crippen molar-refractivity contribution >= 4 is 34.8 Å². The van der Waals surface area contributed by atoms with Crippen molar-refractivity contribution < 1.29 is 31.1 Å². The molecule has 0 heterocycles. The molecule has 0 fully saturated rings. The van der Waals surface area contributed by atoms with E-state index in [9.17, 15) is 26.3 Å². The highest BCUT2D eigenvalue weighted by molar-refractivity contribution is 6.31. The second kappa shape index (κ2) is 54.8. The highest BCUT2D eigenvalue weighted by atomic mass is 35.5. The van der Waals surface area contributed by atoms with Gasteiger partial charge in [0.15, 0.2) is 0 Å². The molecule has 14 aromatic carbocycles. The second-order valence-electron chi connectivity index (χ2n) is 30.8. The minimum Gasteiger partial charge on any atom is -0.497 e. The molecule has 6 unspecified atom stereocenters. The van der Waals surface area contributed by atoms with Crippen LogP contribution in [0.3, 0.4) is 0 Å². The number of benzene rings is 14. The Hall–Kier alpha value is -11.0. The number of rotatable bonds is 29. The van der Waals surface area contributed by atoms with E-state index in [1.807, 2.05) is 158 Å². The summed E-state index contributed by atoms with van der Waals surface area (Å²) in [5.41, 5.74) is 58.6. The molecule has 0 amide bonds. The molecule has 14 rings (SSSR count). The molecule has 8 nitrogen and oxygen atoms in total.